The number of hydrogen-bond donors (Lipinski definition) is 1. The van der Waals surface area contributed by atoms with E-state index in [1.807, 2.05) is 67.1 Å². The summed E-state index contributed by atoms with van der Waals surface area (Å²) in [5.74, 6) is 0.756. The SMILES string of the molecule is Cc1ccccc1N(CCCC(=O)NCc1ccccc1-n1ccnc1C)S(C)(=O)=O. The zero-order valence-electron chi connectivity index (χ0n) is 18.1. The summed E-state index contributed by atoms with van der Waals surface area (Å²) in [6.07, 6.45) is 5.49. The molecule has 3 aromatic rings. The minimum atomic E-state index is -3.44. The van der Waals surface area contributed by atoms with Crippen molar-refractivity contribution in [3.05, 3.63) is 77.9 Å². The van der Waals surface area contributed by atoms with E-state index in [1.165, 1.54) is 10.6 Å². The second kappa shape index (κ2) is 9.78. The summed E-state index contributed by atoms with van der Waals surface area (Å²) in [5.41, 5.74) is 3.48. The standard InChI is InChI=1S/C23H28N4O3S/c1-18-9-4-6-11-21(18)27(31(3,29)30)15-8-13-23(28)25-17-20-10-5-7-12-22(20)26-16-14-24-19(26)2/h4-7,9-12,14,16H,8,13,15,17H2,1-3H3,(H,25,28). The number of sulfonamides is 1. The van der Waals surface area contributed by atoms with Gasteiger partial charge in [0.25, 0.3) is 0 Å². The second-order valence-corrected chi connectivity index (χ2v) is 9.38. The molecule has 0 aliphatic rings. The lowest BCUT2D eigenvalue weighted by molar-refractivity contribution is -0.121. The number of aromatic nitrogens is 2. The van der Waals surface area contributed by atoms with Gasteiger partial charge < -0.3 is 9.88 Å². The fourth-order valence-corrected chi connectivity index (χ4v) is 4.52. The Bertz CT molecular complexity index is 1150. The molecule has 2 aromatic carbocycles. The van der Waals surface area contributed by atoms with Crippen LogP contribution in [0.2, 0.25) is 0 Å². The van der Waals surface area contributed by atoms with E-state index >= 15 is 0 Å². The van der Waals surface area contributed by atoms with E-state index < -0.39 is 10.0 Å². The summed E-state index contributed by atoms with van der Waals surface area (Å²) in [5, 5.41) is 2.94. The number of carbonyl (C=O) groups excluding carboxylic acids is 1. The molecule has 0 aliphatic carbocycles. The van der Waals surface area contributed by atoms with Crippen LogP contribution in [0.3, 0.4) is 0 Å². The van der Waals surface area contributed by atoms with Crippen LogP contribution in [-0.2, 0) is 21.4 Å². The lowest BCUT2D eigenvalue weighted by Gasteiger charge is -2.24. The molecule has 1 N–H and O–H groups in total. The molecule has 7 nitrogen and oxygen atoms in total. The van der Waals surface area contributed by atoms with Gasteiger partial charge in [0.15, 0.2) is 0 Å². The van der Waals surface area contributed by atoms with E-state index in [0.29, 0.717) is 18.7 Å². The summed E-state index contributed by atoms with van der Waals surface area (Å²) in [4.78, 5) is 16.7. The smallest absolute Gasteiger partial charge is 0.232 e. The van der Waals surface area contributed by atoms with Crippen molar-refractivity contribution in [1.29, 1.82) is 0 Å². The summed E-state index contributed by atoms with van der Waals surface area (Å²) in [6.45, 7) is 4.44. The molecule has 3 rings (SSSR count). The average molecular weight is 441 g/mol. The van der Waals surface area contributed by atoms with Crippen LogP contribution in [0.15, 0.2) is 60.9 Å². The zero-order chi connectivity index (χ0) is 22.4. The number of nitrogens with one attached hydrogen (secondary N) is 1. The van der Waals surface area contributed by atoms with E-state index in [-0.39, 0.29) is 18.9 Å². The van der Waals surface area contributed by atoms with Crippen LogP contribution >= 0.6 is 0 Å². The predicted molar refractivity (Wildman–Crippen MR) is 123 cm³/mol. The number of hydrogen-bond acceptors (Lipinski definition) is 4. The van der Waals surface area contributed by atoms with Crippen molar-refractivity contribution >= 4 is 21.6 Å². The maximum Gasteiger partial charge on any atom is 0.232 e. The molecule has 0 saturated carbocycles. The normalized spacial score (nSPS) is 11.3. The van der Waals surface area contributed by atoms with Crippen molar-refractivity contribution in [2.24, 2.45) is 0 Å². The van der Waals surface area contributed by atoms with E-state index in [4.69, 9.17) is 0 Å². The third-order valence-electron chi connectivity index (χ3n) is 5.10. The number of nitrogens with zero attached hydrogens (tertiary/aromatic N) is 3. The van der Waals surface area contributed by atoms with Gasteiger partial charge >= 0.3 is 0 Å². The molecule has 1 amide bonds. The van der Waals surface area contributed by atoms with Crippen LogP contribution in [0.1, 0.15) is 29.8 Å². The number of rotatable bonds is 9. The Morgan fingerprint density at radius 2 is 1.81 bits per heavy atom. The summed E-state index contributed by atoms with van der Waals surface area (Å²) in [7, 11) is -3.44. The second-order valence-electron chi connectivity index (χ2n) is 7.48. The van der Waals surface area contributed by atoms with Gasteiger partial charge in [0, 0.05) is 31.9 Å². The molecule has 31 heavy (non-hydrogen) atoms. The number of para-hydroxylation sites is 2. The minimum Gasteiger partial charge on any atom is -0.352 e. The van der Waals surface area contributed by atoms with Gasteiger partial charge in [0.2, 0.25) is 15.9 Å². The van der Waals surface area contributed by atoms with E-state index in [0.717, 1.165) is 22.6 Å². The summed E-state index contributed by atoms with van der Waals surface area (Å²) >= 11 is 0. The molecule has 0 spiro atoms. The van der Waals surface area contributed by atoms with Gasteiger partial charge in [-0.05, 0) is 43.5 Å². The van der Waals surface area contributed by atoms with Gasteiger partial charge in [0.1, 0.15) is 5.82 Å². The first-order valence-corrected chi connectivity index (χ1v) is 12.0. The monoisotopic (exact) mass is 440 g/mol. The minimum absolute atomic E-state index is 0.115. The largest absolute Gasteiger partial charge is 0.352 e. The van der Waals surface area contributed by atoms with Crippen molar-refractivity contribution in [2.45, 2.75) is 33.2 Å². The number of anilines is 1. The number of aryl methyl sites for hydroxylation is 2. The quantitative estimate of drug-likeness (QED) is 0.553. The van der Waals surface area contributed by atoms with Crippen LogP contribution < -0.4 is 9.62 Å². The van der Waals surface area contributed by atoms with Gasteiger partial charge in [-0.1, -0.05) is 36.4 Å². The van der Waals surface area contributed by atoms with Crippen LogP contribution in [-0.4, -0.2) is 36.7 Å². The third-order valence-corrected chi connectivity index (χ3v) is 6.28. The van der Waals surface area contributed by atoms with Gasteiger partial charge in [-0.15, -0.1) is 0 Å². The van der Waals surface area contributed by atoms with Crippen LogP contribution in [0, 0.1) is 13.8 Å². The topological polar surface area (TPSA) is 84.3 Å². The molecular weight excluding hydrogens is 412 g/mol. The fraction of sp³-hybridized carbons (Fsp3) is 0.304. The first-order valence-electron chi connectivity index (χ1n) is 10.2. The Kier molecular flexibility index (Phi) is 7.12. The van der Waals surface area contributed by atoms with Gasteiger partial charge in [0.05, 0.1) is 17.6 Å². The van der Waals surface area contributed by atoms with Crippen molar-refractivity contribution in [3.63, 3.8) is 0 Å². The van der Waals surface area contributed by atoms with Crippen molar-refractivity contribution in [1.82, 2.24) is 14.9 Å². The maximum absolute atomic E-state index is 12.4. The molecule has 1 aromatic heterocycles. The van der Waals surface area contributed by atoms with Gasteiger partial charge in [-0.25, -0.2) is 13.4 Å². The molecule has 0 saturated heterocycles. The van der Waals surface area contributed by atoms with E-state index in [9.17, 15) is 13.2 Å². The first-order chi connectivity index (χ1) is 14.8. The average Bonchev–Trinajstić information content (AvgIpc) is 3.15. The highest BCUT2D eigenvalue weighted by molar-refractivity contribution is 7.92. The number of amides is 1. The highest BCUT2D eigenvalue weighted by Gasteiger charge is 2.19. The number of imidazole rings is 1. The summed E-state index contributed by atoms with van der Waals surface area (Å²) < 4.78 is 27.9. The summed E-state index contributed by atoms with van der Waals surface area (Å²) in [6, 6.07) is 15.2. The third kappa shape index (κ3) is 5.73. The highest BCUT2D eigenvalue weighted by Crippen LogP contribution is 2.22. The van der Waals surface area contributed by atoms with E-state index in [2.05, 4.69) is 10.3 Å². The Hall–Kier alpha value is -3.13. The molecule has 0 radical (unpaired) electrons. The van der Waals surface area contributed by atoms with Crippen LogP contribution in [0.5, 0.6) is 0 Å². The molecule has 0 unspecified atom stereocenters. The molecule has 164 valence electrons. The Morgan fingerprint density at radius 3 is 2.48 bits per heavy atom. The lowest BCUT2D eigenvalue weighted by atomic mass is 10.1. The highest BCUT2D eigenvalue weighted by atomic mass is 32.2. The first kappa shape index (κ1) is 22.6. The molecule has 8 heteroatoms. The Morgan fingerprint density at radius 1 is 1.10 bits per heavy atom. The predicted octanol–water partition coefficient (Wildman–Crippen LogP) is 3.35. The van der Waals surface area contributed by atoms with Gasteiger partial charge in [-0.2, -0.15) is 0 Å². The van der Waals surface area contributed by atoms with E-state index in [1.54, 1.807) is 12.3 Å². The van der Waals surface area contributed by atoms with Gasteiger partial charge in [-0.3, -0.25) is 9.10 Å². The maximum atomic E-state index is 12.4. The zero-order valence-corrected chi connectivity index (χ0v) is 18.9. The number of benzene rings is 2. The molecule has 0 bridgehead atoms. The fourth-order valence-electron chi connectivity index (χ4n) is 3.50. The van der Waals surface area contributed by atoms with Crippen molar-refractivity contribution in [3.8, 4) is 5.69 Å². The molecule has 0 fully saturated rings. The van der Waals surface area contributed by atoms with Crippen LogP contribution in [0.25, 0.3) is 5.69 Å². The molecule has 0 atom stereocenters. The lowest BCUT2D eigenvalue weighted by Crippen LogP contribution is -2.32. The molecule has 1 heterocycles. The molecular formula is C23H28N4O3S. The van der Waals surface area contributed by atoms with Crippen LogP contribution in [0.4, 0.5) is 5.69 Å². The van der Waals surface area contributed by atoms with Crippen molar-refractivity contribution in [2.75, 3.05) is 17.1 Å². The number of carbonyl (C=O) groups is 1. The Labute approximate surface area is 183 Å². The van der Waals surface area contributed by atoms with Crippen molar-refractivity contribution < 1.29 is 13.2 Å². The molecule has 0 aliphatic heterocycles. The Balaban J connectivity index is 1.59.